The molecule has 0 radical (unpaired) electrons. The minimum atomic E-state index is 0.666. The molecule has 30 heavy (non-hydrogen) atoms. The van der Waals surface area contributed by atoms with E-state index in [-0.39, 0.29) is 0 Å². The Hall–Kier alpha value is -3.73. The maximum Gasteiger partial charge on any atom is 0.155 e. The van der Waals surface area contributed by atoms with Crippen LogP contribution in [0.1, 0.15) is 13.8 Å². The second-order valence-electron chi connectivity index (χ2n) is 7.13. The molecule has 0 spiro atoms. The molecule has 5 nitrogen and oxygen atoms in total. The molecule has 148 valence electrons. The molecule has 1 aliphatic carbocycles. The molecule has 1 aromatic heterocycles. The zero-order valence-corrected chi connectivity index (χ0v) is 17.0. The number of benzene rings is 3. The molecule has 2 aromatic carbocycles. The molecular formula is C25H22N4O. The third kappa shape index (κ3) is 3.18. The highest BCUT2D eigenvalue weighted by Gasteiger charge is 2.15. The van der Waals surface area contributed by atoms with E-state index >= 15 is 0 Å². The molecule has 0 amide bonds. The number of hydrogen-bond donors (Lipinski definition) is 0. The molecule has 5 heteroatoms. The highest BCUT2D eigenvalue weighted by Crippen LogP contribution is 2.31. The van der Waals surface area contributed by atoms with Crippen LogP contribution in [0.4, 0.5) is 11.5 Å². The molecular weight excluding hydrogens is 372 g/mol. The van der Waals surface area contributed by atoms with Crippen LogP contribution >= 0.6 is 0 Å². The molecule has 2 heterocycles. The summed E-state index contributed by atoms with van der Waals surface area (Å²) in [6.45, 7) is 6.20. The van der Waals surface area contributed by atoms with Crippen LogP contribution in [-0.4, -0.2) is 23.1 Å². The summed E-state index contributed by atoms with van der Waals surface area (Å²) in [6, 6.07) is 22.0. The number of fused-ring (bicyclic) bond motifs is 4. The van der Waals surface area contributed by atoms with Crippen molar-refractivity contribution in [2.75, 3.05) is 18.0 Å². The number of rotatable bonds is 4. The molecule has 0 unspecified atom stereocenters. The predicted molar refractivity (Wildman–Crippen MR) is 121 cm³/mol. The minimum absolute atomic E-state index is 0.666. The Morgan fingerprint density at radius 2 is 1.70 bits per heavy atom. The van der Waals surface area contributed by atoms with Crippen LogP contribution in [-0.2, 0) is 0 Å². The summed E-state index contributed by atoms with van der Waals surface area (Å²) in [5.41, 5.74) is 3.59. The van der Waals surface area contributed by atoms with Gasteiger partial charge in [-0.1, -0.05) is 30.3 Å². The van der Waals surface area contributed by atoms with Crippen LogP contribution in [0.25, 0.3) is 33.3 Å². The number of hydrogen-bond acceptors (Lipinski definition) is 5. The van der Waals surface area contributed by atoms with Crippen LogP contribution in [0.15, 0.2) is 82.3 Å². The lowest BCUT2D eigenvalue weighted by atomic mass is 10.0. The van der Waals surface area contributed by atoms with Crippen molar-refractivity contribution in [1.82, 2.24) is 9.97 Å². The lowest BCUT2D eigenvalue weighted by Crippen LogP contribution is -2.21. The third-order valence-electron chi connectivity index (χ3n) is 5.37. The highest BCUT2D eigenvalue weighted by atomic mass is 16.3. The van der Waals surface area contributed by atoms with E-state index in [0.717, 1.165) is 51.7 Å². The molecule has 5 rings (SSSR count). The van der Waals surface area contributed by atoms with Crippen molar-refractivity contribution in [3.8, 4) is 11.5 Å². The van der Waals surface area contributed by atoms with Gasteiger partial charge in [0.25, 0.3) is 0 Å². The Bertz CT molecular complexity index is 1370. The SMILES string of the molecule is CCN(CC)c1ccc2nc3c4ccccc4/c(=N\c4ccccn4)cc-3oc2c1. The van der Waals surface area contributed by atoms with E-state index in [9.17, 15) is 0 Å². The average Bonchev–Trinajstić information content (AvgIpc) is 2.79. The van der Waals surface area contributed by atoms with Gasteiger partial charge < -0.3 is 9.32 Å². The first kappa shape index (κ1) is 18.3. The molecule has 0 atom stereocenters. The van der Waals surface area contributed by atoms with Gasteiger partial charge in [-0.15, -0.1) is 0 Å². The Morgan fingerprint density at radius 3 is 2.47 bits per heavy atom. The number of anilines is 1. The molecule has 1 aliphatic heterocycles. The van der Waals surface area contributed by atoms with Crippen molar-refractivity contribution in [3.05, 3.63) is 78.3 Å². The first-order valence-electron chi connectivity index (χ1n) is 10.2. The van der Waals surface area contributed by atoms with Gasteiger partial charge in [-0.3, -0.25) is 0 Å². The first-order chi connectivity index (χ1) is 14.8. The Morgan fingerprint density at radius 1 is 0.900 bits per heavy atom. The lowest BCUT2D eigenvalue weighted by Gasteiger charge is -2.21. The largest absolute Gasteiger partial charge is 0.453 e. The Balaban J connectivity index is 1.80. The van der Waals surface area contributed by atoms with E-state index < -0.39 is 0 Å². The van der Waals surface area contributed by atoms with Gasteiger partial charge in [0, 0.05) is 47.9 Å². The van der Waals surface area contributed by atoms with E-state index in [1.54, 1.807) is 6.20 Å². The molecule has 0 saturated carbocycles. The fraction of sp³-hybridized carbons (Fsp3) is 0.160. The van der Waals surface area contributed by atoms with Gasteiger partial charge in [-0.2, -0.15) is 0 Å². The van der Waals surface area contributed by atoms with Crippen LogP contribution in [0.2, 0.25) is 0 Å². The van der Waals surface area contributed by atoms with Crippen LogP contribution in [0.5, 0.6) is 0 Å². The predicted octanol–water partition coefficient (Wildman–Crippen LogP) is 5.56. The average molecular weight is 394 g/mol. The van der Waals surface area contributed by atoms with E-state index in [0.29, 0.717) is 11.6 Å². The van der Waals surface area contributed by atoms with Gasteiger partial charge in [0.1, 0.15) is 11.2 Å². The van der Waals surface area contributed by atoms with Crippen molar-refractivity contribution < 1.29 is 4.42 Å². The maximum atomic E-state index is 6.34. The van der Waals surface area contributed by atoms with Crippen LogP contribution < -0.4 is 10.3 Å². The lowest BCUT2D eigenvalue weighted by molar-refractivity contribution is 0.613. The smallest absolute Gasteiger partial charge is 0.155 e. The molecule has 0 N–H and O–H groups in total. The van der Waals surface area contributed by atoms with Gasteiger partial charge in [0.05, 0.1) is 5.36 Å². The standard InChI is InChI=1S/C25H22N4O/c1-3-29(4-2)17-12-13-20-22(15-17)30-23-16-21(27-24-11-7-8-14-26-24)18-9-5-6-10-19(18)25(23)28-20/h5-16H,3-4H2,1-2H3/b27-21-. The van der Waals surface area contributed by atoms with E-state index in [1.807, 2.05) is 42.5 Å². The fourth-order valence-electron chi connectivity index (χ4n) is 3.85. The fourth-order valence-corrected chi connectivity index (χ4v) is 3.85. The molecule has 0 saturated heterocycles. The summed E-state index contributed by atoms with van der Waals surface area (Å²) in [6.07, 6.45) is 1.75. The number of aromatic nitrogens is 2. The maximum absolute atomic E-state index is 6.34. The summed E-state index contributed by atoms with van der Waals surface area (Å²) in [7, 11) is 0. The minimum Gasteiger partial charge on any atom is -0.453 e. The summed E-state index contributed by atoms with van der Waals surface area (Å²) < 4.78 is 6.34. The zero-order valence-electron chi connectivity index (χ0n) is 17.0. The number of nitrogens with zero attached hydrogens (tertiary/aromatic N) is 4. The first-order valence-corrected chi connectivity index (χ1v) is 10.2. The highest BCUT2D eigenvalue weighted by molar-refractivity contribution is 5.96. The second kappa shape index (κ2) is 7.59. The van der Waals surface area contributed by atoms with Crippen molar-refractivity contribution in [2.24, 2.45) is 4.99 Å². The quantitative estimate of drug-likeness (QED) is 0.296. The molecule has 2 aliphatic rings. The van der Waals surface area contributed by atoms with Crippen LogP contribution in [0.3, 0.4) is 0 Å². The van der Waals surface area contributed by atoms with Gasteiger partial charge in [0.2, 0.25) is 0 Å². The second-order valence-corrected chi connectivity index (χ2v) is 7.13. The normalized spacial score (nSPS) is 12.1. The summed E-state index contributed by atoms with van der Waals surface area (Å²) in [5.74, 6) is 1.38. The van der Waals surface area contributed by atoms with E-state index in [2.05, 4.69) is 48.0 Å². The summed E-state index contributed by atoms with van der Waals surface area (Å²) >= 11 is 0. The zero-order chi connectivity index (χ0) is 20.5. The summed E-state index contributed by atoms with van der Waals surface area (Å²) in [5, 5.41) is 2.86. The van der Waals surface area contributed by atoms with Crippen LogP contribution in [0, 0.1) is 0 Å². The van der Waals surface area contributed by atoms with Gasteiger partial charge >= 0.3 is 0 Å². The molecule has 0 fully saturated rings. The van der Waals surface area contributed by atoms with Gasteiger partial charge in [0.15, 0.2) is 17.2 Å². The van der Waals surface area contributed by atoms with Crippen molar-refractivity contribution in [2.45, 2.75) is 13.8 Å². The van der Waals surface area contributed by atoms with Crippen molar-refractivity contribution in [1.29, 1.82) is 0 Å². The monoisotopic (exact) mass is 394 g/mol. The third-order valence-corrected chi connectivity index (χ3v) is 5.37. The summed E-state index contributed by atoms with van der Waals surface area (Å²) in [4.78, 5) is 16.3. The van der Waals surface area contributed by atoms with Crippen molar-refractivity contribution in [3.63, 3.8) is 0 Å². The van der Waals surface area contributed by atoms with Crippen molar-refractivity contribution >= 4 is 33.4 Å². The number of pyridine rings is 1. The molecule has 3 aromatic rings. The van der Waals surface area contributed by atoms with Gasteiger partial charge in [-0.25, -0.2) is 15.0 Å². The molecule has 0 bridgehead atoms. The van der Waals surface area contributed by atoms with E-state index in [4.69, 9.17) is 14.4 Å². The Kier molecular flexibility index (Phi) is 4.64. The topological polar surface area (TPSA) is 54.5 Å². The van der Waals surface area contributed by atoms with E-state index in [1.165, 1.54) is 0 Å². The Labute approximate surface area is 174 Å². The van der Waals surface area contributed by atoms with Gasteiger partial charge in [-0.05, 0) is 38.1 Å².